The molecule has 1 unspecified atom stereocenters. The minimum absolute atomic E-state index is 0.00921. The van der Waals surface area contributed by atoms with E-state index in [9.17, 15) is 9.59 Å². The molecule has 4 heteroatoms. The van der Waals surface area contributed by atoms with Crippen LogP contribution in [-0.4, -0.2) is 34.7 Å². The second-order valence-electron chi connectivity index (χ2n) is 6.58. The molecule has 0 spiro atoms. The number of rotatable bonds is 5. The third kappa shape index (κ3) is 3.95. The minimum atomic E-state index is -0.0909. The number of ketones is 1. The summed E-state index contributed by atoms with van der Waals surface area (Å²) >= 11 is 0. The molecule has 0 radical (unpaired) electrons. The number of piperidine rings is 1. The van der Waals surface area contributed by atoms with Crippen molar-refractivity contribution >= 4 is 11.7 Å². The van der Waals surface area contributed by atoms with Crippen LogP contribution < -0.4 is 0 Å². The first-order valence-electron chi connectivity index (χ1n) is 8.98. The topological polar surface area (TPSA) is 50.3 Å². The summed E-state index contributed by atoms with van der Waals surface area (Å²) in [7, 11) is 0. The van der Waals surface area contributed by atoms with Gasteiger partial charge in [-0.1, -0.05) is 37.3 Å². The molecule has 0 aliphatic carbocycles. The Morgan fingerprint density at radius 1 is 1.12 bits per heavy atom. The fourth-order valence-electron chi connectivity index (χ4n) is 3.56. The smallest absolute Gasteiger partial charge is 0.230 e. The fraction of sp³-hybridized carbons (Fsp3) is 0.381. The number of benzene rings is 1. The van der Waals surface area contributed by atoms with Crippen molar-refractivity contribution in [3.05, 3.63) is 66.0 Å². The summed E-state index contributed by atoms with van der Waals surface area (Å²) in [5.74, 6) is 0.230. The Morgan fingerprint density at radius 2 is 1.84 bits per heavy atom. The van der Waals surface area contributed by atoms with E-state index in [1.165, 1.54) is 0 Å². The average molecular weight is 336 g/mol. The predicted octanol–water partition coefficient (Wildman–Crippen LogP) is 3.70. The van der Waals surface area contributed by atoms with Crippen molar-refractivity contribution in [2.45, 2.75) is 32.1 Å². The molecule has 25 heavy (non-hydrogen) atoms. The van der Waals surface area contributed by atoms with Gasteiger partial charge in [-0.2, -0.15) is 0 Å². The Hall–Kier alpha value is -2.49. The maximum atomic E-state index is 12.9. The number of Topliss-reactive ketones (excluding diaryl/α,β-unsaturated/α-hetero) is 1. The van der Waals surface area contributed by atoms with Crippen LogP contribution in [0.25, 0.3) is 0 Å². The number of hydrogen-bond acceptors (Lipinski definition) is 3. The van der Waals surface area contributed by atoms with Gasteiger partial charge >= 0.3 is 0 Å². The molecule has 1 aliphatic heterocycles. The Bertz CT molecular complexity index is 707. The van der Waals surface area contributed by atoms with Crippen LogP contribution in [0.4, 0.5) is 0 Å². The van der Waals surface area contributed by atoms with E-state index in [1.807, 2.05) is 48.2 Å². The highest BCUT2D eigenvalue weighted by Gasteiger charge is 2.31. The number of amides is 1. The molecule has 1 aromatic heterocycles. The number of pyridine rings is 1. The third-order valence-corrected chi connectivity index (χ3v) is 5.03. The Labute approximate surface area is 148 Å². The van der Waals surface area contributed by atoms with Crippen LogP contribution in [0.3, 0.4) is 0 Å². The predicted molar refractivity (Wildman–Crippen MR) is 97.3 cm³/mol. The second kappa shape index (κ2) is 8.06. The van der Waals surface area contributed by atoms with Gasteiger partial charge in [0.05, 0.1) is 5.92 Å². The van der Waals surface area contributed by atoms with Crippen LogP contribution in [0.2, 0.25) is 0 Å². The lowest BCUT2D eigenvalue weighted by Crippen LogP contribution is -2.42. The molecule has 130 valence electrons. The third-order valence-electron chi connectivity index (χ3n) is 5.03. The Balaban J connectivity index is 1.62. The average Bonchev–Trinajstić information content (AvgIpc) is 2.69. The van der Waals surface area contributed by atoms with E-state index < -0.39 is 0 Å². The zero-order valence-corrected chi connectivity index (χ0v) is 14.6. The SMILES string of the molecule is CCC(C(=O)N1CCC(C(=O)c2cccnc2)CC1)c1ccccc1. The van der Waals surface area contributed by atoms with Crippen LogP contribution in [0.5, 0.6) is 0 Å². The molecule has 0 saturated carbocycles. The zero-order chi connectivity index (χ0) is 17.6. The number of hydrogen-bond donors (Lipinski definition) is 0. The molecule has 4 nitrogen and oxygen atoms in total. The first-order chi connectivity index (χ1) is 12.2. The minimum Gasteiger partial charge on any atom is -0.342 e. The van der Waals surface area contributed by atoms with Crippen molar-refractivity contribution in [1.29, 1.82) is 0 Å². The molecule has 0 bridgehead atoms. The van der Waals surface area contributed by atoms with E-state index in [1.54, 1.807) is 18.5 Å². The summed E-state index contributed by atoms with van der Waals surface area (Å²) in [6, 6.07) is 13.6. The molecule has 1 atom stereocenters. The number of carbonyl (C=O) groups is 2. The van der Waals surface area contributed by atoms with Crippen LogP contribution in [0.15, 0.2) is 54.9 Å². The van der Waals surface area contributed by atoms with Gasteiger partial charge in [0.1, 0.15) is 0 Å². The van der Waals surface area contributed by atoms with Crippen molar-refractivity contribution in [2.75, 3.05) is 13.1 Å². The van der Waals surface area contributed by atoms with E-state index in [2.05, 4.69) is 4.98 Å². The lowest BCUT2D eigenvalue weighted by Gasteiger charge is -2.33. The standard InChI is InChI=1S/C21H24N2O2/c1-2-19(16-7-4-3-5-8-16)21(25)23-13-10-17(11-14-23)20(24)18-9-6-12-22-15-18/h3-9,12,15,17,19H,2,10-11,13-14H2,1H3. The van der Waals surface area contributed by atoms with Gasteiger partial charge in [0, 0.05) is 37.0 Å². The summed E-state index contributed by atoms with van der Waals surface area (Å²) < 4.78 is 0. The van der Waals surface area contributed by atoms with Gasteiger partial charge in [-0.15, -0.1) is 0 Å². The first kappa shape index (κ1) is 17.3. The molecule has 1 saturated heterocycles. The highest BCUT2D eigenvalue weighted by molar-refractivity contribution is 5.97. The van der Waals surface area contributed by atoms with Gasteiger partial charge in [0.15, 0.2) is 5.78 Å². The zero-order valence-electron chi connectivity index (χ0n) is 14.6. The van der Waals surface area contributed by atoms with Gasteiger partial charge in [0.2, 0.25) is 5.91 Å². The van der Waals surface area contributed by atoms with E-state index in [4.69, 9.17) is 0 Å². The van der Waals surface area contributed by atoms with Crippen molar-refractivity contribution in [1.82, 2.24) is 9.88 Å². The molecule has 1 amide bonds. The summed E-state index contributed by atoms with van der Waals surface area (Å²) in [6.07, 6.45) is 5.54. The van der Waals surface area contributed by atoms with Gasteiger partial charge in [-0.25, -0.2) is 0 Å². The second-order valence-corrected chi connectivity index (χ2v) is 6.58. The molecule has 2 aromatic rings. The molecule has 3 rings (SSSR count). The van der Waals surface area contributed by atoms with Crippen molar-refractivity contribution < 1.29 is 9.59 Å². The van der Waals surface area contributed by atoms with Crippen molar-refractivity contribution in [3.63, 3.8) is 0 Å². The van der Waals surface area contributed by atoms with E-state index in [0.717, 1.165) is 24.8 Å². The molecule has 0 N–H and O–H groups in total. The van der Waals surface area contributed by atoms with Crippen LogP contribution in [0, 0.1) is 5.92 Å². The van der Waals surface area contributed by atoms with Gasteiger partial charge in [-0.3, -0.25) is 14.6 Å². The Morgan fingerprint density at radius 3 is 2.44 bits per heavy atom. The van der Waals surface area contributed by atoms with Gasteiger partial charge in [0.25, 0.3) is 0 Å². The van der Waals surface area contributed by atoms with E-state index >= 15 is 0 Å². The number of likely N-dealkylation sites (tertiary alicyclic amines) is 1. The van der Waals surface area contributed by atoms with Crippen molar-refractivity contribution in [2.24, 2.45) is 5.92 Å². The molecule has 2 heterocycles. The normalized spacial score (nSPS) is 16.4. The lowest BCUT2D eigenvalue weighted by atomic mass is 9.88. The maximum absolute atomic E-state index is 12.9. The first-order valence-corrected chi connectivity index (χ1v) is 8.98. The molecular formula is C21H24N2O2. The molecule has 1 aliphatic rings. The maximum Gasteiger partial charge on any atom is 0.230 e. The monoisotopic (exact) mass is 336 g/mol. The largest absolute Gasteiger partial charge is 0.342 e. The summed E-state index contributed by atoms with van der Waals surface area (Å²) in [4.78, 5) is 31.4. The number of nitrogens with zero attached hydrogens (tertiary/aromatic N) is 2. The van der Waals surface area contributed by atoms with Crippen LogP contribution >= 0.6 is 0 Å². The van der Waals surface area contributed by atoms with Crippen molar-refractivity contribution in [3.8, 4) is 0 Å². The van der Waals surface area contributed by atoms with Crippen LogP contribution in [-0.2, 0) is 4.79 Å². The molecule has 1 fully saturated rings. The highest BCUT2D eigenvalue weighted by Crippen LogP contribution is 2.27. The molecule has 1 aromatic carbocycles. The molecular weight excluding hydrogens is 312 g/mol. The fourth-order valence-corrected chi connectivity index (χ4v) is 3.56. The number of carbonyl (C=O) groups excluding carboxylic acids is 2. The van der Waals surface area contributed by atoms with Crippen LogP contribution in [0.1, 0.15) is 48.0 Å². The summed E-state index contributed by atoms with van der Waals surface area (Å²) in [5.41, 5.74) is 1.74. The summed E-state index contributed by atoms with van der Waals surface area (Å²) in [5, 5.41) is 0. The van der Waals surface area contributed by atoms with Gasteiger partial charge in [-0.05, 0) is 37.0 Å². The Kier molecular flexibility index (Phi) is 5.59. The summed E-state index contributed by atoms with van der Waals surface area (Å²) in [6.45, 7) is 3.35. The van der Waals surface area contributed by atoms with E-state index in [-0.39, 0.29) is 23.5 Å². The lowest BCUT2D eigenvalue weighted by molar-refractivity contribution is -0.134. The quantitative estimate of drug-likeness (QED) is 0.782. The number of aromatic nitrogens is 1. The van der Waals surface area contributed by atoms with E-state index in [0.29, 0.717) is 18.7 Å². The van der Waals surface area contributed by atoms with Gasteiger partial charge < -0.3 is 4.90 Å². The highest BCUT2D eigenvalue weighted by atomic mass is 16.2.